The zero-order valence-corrected chi connectivity index (χ0v) is 13.2. The van der Waals surface area contributed by atoms with Crippen LogP contribution in [0.25, 0.3) is 0 Å². The first-order valence-electron chi connectivity index (χ1n) is 7.44. The lowest BCUT2D eigenvalue weighted by molar-refractivity contribution is -0.144. The van der Waals surface area contributed by atoms with Gasteiger partial charge in [0.25, 0.3) is 0 Å². The van der Waals surface area contributed by atoms with Crippen LogP contribution in [0.3, 0.4) is 0 Å². The van der Waals surface area contributed by atoms with Crippen molar-refractivity contribution in [3.8, 4) is 5.75 Å². The minimum atomic E-state index is -0.501. The quantitative estimate of drug-likeness (QED) is 0.619. The fourth-order valence-electron chi connectivity index (χ4n) is 2.39. The molecule has 0 saturated carbocycles. The largest absolute Gasteiger partial charge is 0.493 e. The molecule has 2 unspecified atom stereocenters. The number of thioether (sulfide) groups is 1. The van der Waals surface area contributed by atoms with Gasteiger partial charge < -0.3 is 15.2 Å². The Morgan fingerprint density at radius 3 is 3.14 bits per heavy atom. The number of carbonyl (C=O) groups is 1. The third kappa shape index (κ3) is 4.64. The van der Waals surface area contributed by atoms with E-state index in [1.807, 2.05) is 23.9 Å². The first kappa shape index (κ1) is 16.2. The molecule has 1 heterocycles. The molecule has 2 N–H and O–H groups in total. The maximum atomic E-state index is 11.4. The maximum absolute atomic E-state index is 11.4. The highest BCUT2D eigenvalue weighted by molar-refractivity contribution is 7.99. The fraction of sp³-hybridized carbons (Fsp3) is 0.562. The van der Waals surface area contributed by atoms with E-state index in [-0.39, 0.29) is 5.97 Å². The first-order chi connectivity index (χ1) is 10.2. The lowest BCUT2D eigenvalue weighted by atomic mass is 9.95. The zero-order chi connectivity index (χ0) is 15.1. The Morgan fingerprint density at radius 2 is 2.33 bits per heavy atom. The average molecular weight is 309 g/mol. The van der Waals surface area contributed by atoms with E-state index in [2.05, 4.69) is 12.1 Å². The molecule has 4 nitrogen and oxygen atoms in total. The Kier molecular flexibility index (Phi) is 6.39. The molecule has 0 bridgehead atoms. The van der Waals surface area contributed by atoms with E-state index < -0.39 is 6.04 Å². The number of para-hydroxylation sites is 1. The van der Waals surface area contributed by atoms with Crippen molar-refractivity contribution in [1.82, 2.24) is 0 Å². The Bertz CT molecular complexity index is 467. The molecule has 21 heavy (non-hydrogen) atoms. The van der Waals surface area contributed by atoms with Crippen LogP contribution in [-0.2, 0) is 9.53 Å². The van der Waals surface area contributed by atoms with E-state index in [1.54, 1.807) is 6.92 Å². The van der Waals surface area contributed by atoms with Gasteiger partial charge in [-0.15, -0.1) is 0 Å². The van der Waals surface area contributed by atoms with Crippen LogP contribution in [-0.4, -0.2) is 36.7 Å². The van der Waals surface area contributed by atoms with Crippen molar-refractivity contribution in [3.63, 3.8) is 0 Å². The number of benzene rings is 1. The van der Waals surface area contributed by atoms with Gasteiger partial charge in [-0.05, 0) is 43.1 Å². The van der Waals surface area contributed by atoms with E-state index in [0.29, 0.717) is 18.9 Å². The maximum Gasteiger partial charge on any atom is 0.322 e. The highest BCUT2D eigenvalue weighted by Gasteiger charge is 2.21. The van der Waals surface area contributed by atoms with Gasteiger partial charge in [-0.3, -0.25) is 4.79 Å². The molecule has 2 rings (SSSR count). The van der Waals surface area contributed by atoms with Gasteiger partial charge in [0.15, 0.2) is 0 Å². The van der Waals surface area contributed by atoms with Crippen molar-refractivity contribution >= 4 is 17.7 Å². The Hall–Kier alpha value is -1.20. The summed E-state index contributed by atoms with van der Waals surface area (Å²) in [5.74, 6) is 3.15. The standard InChI is InChI=1S/C16H23NO3S/c1-2-19-16(18)14(17)8-10-21-11-12-7-9-20-15-6-4-3-5-13(12)15/h3-6,12,14H,2,7-11,17H2,1H3. The van der Waals surface area contributed by atoms with E-state index in [4.69, 9.17) is 15.2 Å². The van der Waals surface area contributed by atoms with Gasteiger partial charge >= 0.3 is 5.97 Å². The molecule has 0 fully saturated rings. The molecule has 1 aliphatic rings. The Balaban J connectivity index is 1.74. The summed E-state index contributed by atoms with van der Waals surface area (Å²) in [4.78, 5) is 11.4. The van der Waals surface area contributed by atoms with Crippen molar-refractivity contribution in [2.24, 2.45) is 5.73 Å². The number of esters is 1. The predicted molar refractivity (Wildman–Crippen MR) is 85.8 cm³/mol. The van der Waals surface area contributed by atoms with E-state index in [0.717, 1.165) is 30.3 Å². The van der Waals surface area contributed by atoms with Crippen molar-refractivity contribution < 1.29 is 14.3 Å². The van der Waals surface area contributed by atoms with Crippen LogP contribution < -0.4 is 10.5 Å². The van der Waals surface area contributed by atoms with Crippen molar-refractivity contribution in [2.75, 3.05) is 24.7 Å². The van der Waals surface area contributed by atoms with Crippen LogP contribution >= 0.6 is 11.8 Å². The summed E-state index contributed by atoms with van der Waals surface area (Å²) in [7, 11) is 0. The Labute approximate surface area is 130 Å². The SMILES string of the molecule is CCOC(=O)C(N)CCSCC1CCOc2ccccc21. The molecular formula is C16H23NO3S. The molecule has 0 amide bonds. The normalized spacial score (nSPS) is 18.5. The average Bonchev–Trinajstić information content (AvgIpc) is 2.51. The second-order valence-corrected chi connectivity index (χ2v) is 6.24. The Morgan fingerprint density at radius 1 is 1.52 bits per heavy atom. The van der Waals surface area contributed by atoms with Crippen LogP contribution in [0.15, 0.2) is 24.3 Å². The monoisotopic (exact) mass is 309 g/mol. The van der Waals surface area contributed by atoms with E-state index >= 15 is 0 Å². The number of nitrogens with two attached hydrogens (primary N) is 1. The smallest absolute Gasteiger partial charge is 0.322 e. The number of ether oxygens (including phenoxy) is 2. The molecule has 0 aromatic heterocycles. The predicted octanol–water partition coefficient (Wildman–Crippen LogP) is 2.57. The van der Waals surface area contributed by atoms with E-state index in [1.165, 1.54) is 5.56 Å². The molecule has 2 atom stereocenters. The van der Waals surface area contributed by atoms with Gasteiger partial charge in [-0.25, -0.2) is 0 Å². The summed E-state index contributed by atoms with van der Waals surface area (Å²) < 4.78 is 10.6. The van der Waals surface area contributed by atoms with Gasteiger partial charge in [0.05, 0.1) is 13.2 Å². The summed E-state index contributed by atoms with van der Waals surface area (Å²) in [6, 6.07) is 7.74. The third-order valence-electron chi connectivity index (χ3n) is 3.56. The molecule has 1 aromatic carbocycles. The highest BCUT2D eigenvalue weighted by atomic mass is 32.2. The molecule has 1 aliphatic heterocycles. The molecule has 1 aromatic rings. The molecule has 5 heteroatoms. The second kappa shape index (κ2) is 8.29. The van der Waals surface area contributed by atoms with Crippen LogP contribution in [0.2, 0.25) is 0 Å². The van der Waals surface area contributed by atoms with Gasteiger partial charge in [0.2, 0.25) is 0 Å². The minimum Gasteiger partial charge on any atom is -0.493 e. The van der Waals surface area contributed by atoms with Crippen LogP contribution in [0.4, 0.5) is 0 Å². The van der Waals surface area contributed by atoms with Gasteiger partial charge in [0.1, 0.15) is 11.8 Å². The molecule has 116 valence electrons. The van der Waals surface area contributed by atoms with Crippen LogP contribution in [0.1, 0.15) is 31.2 Å². The van der Waals surface area contributed by atoms with Crippen molar-refractivity contribution in [2.45, 2.75) is 31.7 Å². The molecular weight excluding hydrogens is 286 g/mol. The van der Waals surface area contributed by atoms with Crippen LogP contribution in [0, 0.1) is 0 Å². The number of carbonyl (C=O) groups excluding carboxylic acids is 1. The van der Waals surface area contributed by atoms with Crippen molar-refractivity contribution in [1.29, 1.82) is 0 Å². The molecule has 0 spiro atoms. The number of fused-ring (bicyclic) bond motifs is 1. The highest BCUT2D eigenvalue weighted by Crippen LogP contribution is 2.35. The fourth-order valence-corrected chi connectivity index (χ4v) is 3.61. The van der Waals surface area contributed by atoms with E-state index in [9.17, 15) is 4.79 Å². The zero-order valence-electron chi connectivity index (χ0n) is 12.4. The second-order valence-electron chi connectivity index (χ2n) is 5.09. The van der Waals surface area contributed by atoms with Gasteiger partial charge in [-0.1, -0.05) is 18.2 Å². The third-order valence-corrected chi connectivity index (χ3v) is 4.73. The van der Waals surface area contributed by atoms with Crippen molar-refractivity contribution in [3.05, 3.63) is 29.8 Å². The molecule has 0 radical (unpaired) electrons. The lowest BCUT2D eigenvalue weighted by Gasteiger charge is -2.25. The summed E-state index contributed by atoms with van der Waals surface area (Å²) in [5, 5.41) is 0. The molecule has 0 saturated heterocycles. The lowest BCUT2D eigenvalue weighted by Crippen LogP contribution is -2.32. The number of hydrogen-bond acceptors (Lipinski definition) is 5. The summed E-state index contributed by atoms with van der Waals surface area (Å²) in [6.07, 6.45) is 1.71. The summed E-state index contributed by atoms with van der Waals surface area (Å²) >= 11 is 1.84. The minimum absolute atomic E-state index is 0.297. The molecule has 0 aliphatic carbocycles. The summed E-state index contributed by atoms with van der Waals surface area (Å²) in [5.41, 5.74) is 7.09. The van der Waals surface area contributed by atoms with Gasteiger partial charge in [0, 0.05) is 5.75 Å². The number of rotatable bonds is 7. The topological polar surface area (TPSA) is 61.5 Å². The number of hydrogen-bond donors (Lipinski definition) is 1. The first-order valence-corrected chi connectivity index (χ1v) is 8.59. The van der Waals surface area contributed by atoms with Gasteiger partial charge in [-0.2, -0.15) is 11.8 Å². The summed E-state index contributed by atoms with van der Waals surface area (Å²) in [6.45, 7) is 2.96. The van der Waals surface area contributed by atoms with Crippen LogP contribution in [0.5, 0.6) is 5.75 Å².